The highest BCUT2D eigenvalue weighted by molar-refractivity contribution is 5.96. The lowest BCUT2D eigenvalue weighted by Gasteiger charge is -2.18. The van der Waals surface area contributed by atoms with Crippen LogP contribution in [-0.2, 0) is 9.47 Å². The van der Waals surface area contributed by atoms with Gasteiger partial charge in [-0.05, 0) is 23.8 Å². The number of methoxy groups -OCH3 is 2. The Bertz CT molecular complexity index is 716. The van der Waals surface area contributed by atoms with Gasteiger partial charge in [-0.25, -0.2) is 0 Å². The molecule has 0 aliphatic carbocycles. The molecule has 0 spiro atoms. The second-order valence-electron chi connectivity index (χ2n) is 5.67. The normalized spacial score (nSPS) is 19.9. The number of hydrogen-bond acceptors (Lipinski definition) is 4. The van der Waals surface area contributed by atoms with E-state index in [1.54, 1.807) is 20.3 Å². The molecular weight excluding hydrogens is 306 g/mol. The summed E-state index contributed by atoms with van der Waals surface area (Å²) < 4.78 is 16.1. The molecule has 24 heavy (non-hydrogen) atoms. The van der Waals surface area contributed by atoms with Crippen LogP contribution in [0.25, 0.3) is 11.1 Å². The summed E-state index contributed by atoms with van der Waals surface area (Å²) in [5.74, 6) is 0.642. The van der Waals surface area contributed by atoms with Crippen molar-refractivity contribution in [2.24, 2.45) is 0 Å². The molecule has 0 bridgehead atoms. The highest BCUT2D eigenvalue weighted by Gasteiger charge is 2.29. The summed E-state index contributed by atoms with van der Waals surface area (Å²) in [6.45, 7) is 0.971. The zero-order chi connectivity index (χ0) is 16.9. The van der Waals surface area contributed by atoms with Crippen molar-refractivity contribution in [2.75, 3.05) is 27.4 Å². The molecule has 1 amide bonds. The van der Waals surface area contributed by atoms with Crippen LogP contribution in [0.5, 0.6) is 5.75 Å². The Morgan fingerprint density at radius 2 is 1.96 bits per heavy atom. The van der Waals surface area contributed by atoms with Crippen LogP contribution in [0.1, 0.15) is 10.4 Å². The number of carbonyl (C=O) groups excluding carboxylic acids is 1. The maximum atomic E-state index is 12.5. The van der Waals surface area contributed by atoms with Gasteiger partial charge in [0.05, 0.1) is 26.4 Å². The average Bonchev–Trinajstić information content (AvgIpc) is 3.08. The largest absolute Gasteiger partial charge is 0.496 e. The lowest BCUT2D eigenvalue weighted by molar-refractivity contribution is 0.0685. The van der Waals surface area contributed by atoms with Gasteiger partial charge in [0.1, 0.15) is 11.9 Å². The van der Waals surface area contributed by atoms with Crippen molar-refractivity contribution >= 4 is 5.91 Å². The van der Waals surface area contributed by atoms with Gasteiger partial charge in [0.25, 0.3) is 5.91 Å². The molecular formula is C19H21NO4. The van der Waals surface area contributed by atoms with Crippen LogP contribution < -0.4 is 10.1 Å². The number of rotatable bonds is 5. The molecule has 0 radical (unpaired) electrons. The molecule has 0 saturated carbocycles. The van der Waals surface area contributed by atoms with E-state index >= 15 is 0 Å². The Balaban J connectivity index is 1.81. The monoisotopic (exact) mass is 327 g/mol. The van der Waals surface area contributed by atoms with Crippen LogP contribution in [0.4, 0.5) is 0 Å². The summed E-state index contributed by atoms with van der Waals surface area (Å²) in [6, 6.07) is 15.1. The molecule has 1 N–H and O–H groups in total. The number of benzene rings is 2. The Labute approximate surface area is 141 Å². The SMILES string of the molecule is COc1ccccc1-c1cccc(C(=O)N[C@H]2COC[C@@H]2OC)c1. The minimum atomic E-state index is -0.135. The Morgan fingerprint density at radius 1 is 1.12 bits per heavy atom. The molecule has 5 heteroatoms. The molecule has 3 rings (SSSR count). The van der Waals surface area contributed by atoms with E-state index in [9.17, 15) is 4.79 Å². The van der Waals surface area contributed by atoms with Crippen molar-refractivity contribution in [2.45, 2.75) is 12.1 Å². The zero-order valence-electron chi connectivity index (χ0n) is 13.8. The number of ether oxygens (including phenoxy) is 3. The van der Waals surface area contributed by atoms with E-state index in [2.05, 4.69) is 5.32 Å². The molecule has 1 saturated heterocycles. The lowest BCUT2D eigenvalue weighted by Crippen LogP contribution is -2.43. The van der Waals surface area contributed by atoms with Crippen LogP contribution in [-0.4, -0.2) is 45.5 Å². The van der Waals surface area contributed by atoms with Gasteiger partial charge in [-0.15, -0.1) is 0 Å². The summed E-state index contributed by atoms with van der Waals surface area (Å²) in [5.41, 5.74) is 2.49. The van der Waals surface area contributed by atoms with Gasteiger partial charge >= 0.3 is 0 Å². The summed E-state index contributed by atoms with van der Waals surface area (Å²) in [6.07, 6.45) is -0.105. The molecule has 1 heterocycles. The minimum absolute atomic E-state index is 0.105. The summed E-state index contributed by atoms with van der Waals surface area (Å²) in [4.78, 5) is 12.5. The molecule has 1 aliphatic rings. The molecule has 1 aliphatic heterocycles. The van der Waals surface area contributed by atoms with E-state index in [0.29, 0.717) is 18.8 Å². The fourth-order valence-corrected chi connectivity index (χ4v) is 2.86. The fraction of sp³-hybridized carbons (Fsp3) is 0.316. The Morgan fingerprint density at radius 3 is 2.75 bits per heavy atom. The topological polar surface area (TPSA) is 56.8 Å². The van der Waals surface area contributed by atoms with E-state index in [1.165, 1.54) is 0 Å². The maximum absolute atomic E-state index is 12.5. The summed E-state index contributed by atoms with van der Waals surface area (Å²) in [5, 5.41) is 2.98. The molecule has 126 valence electrons. The Hall–Kier alpha value is -2.37. The summed E-state index contributed by atoms with van der Waals surface area (Å²) in [7, 11) is 3.27. The highest BCUT2D eigenvalue weighted by Crippen LogP contribution is 2.30. The van der Waals surface area contributed by atoms with E-state index < -0.39 is 0 Å². The third kappa shape index (κ3) is 3.42. The smallest absolute Gasteiger partial charge is 0.251 e. The van der Waals surface area contributed by atoms with Crippen LogP contribution in [0.3, 0.4) is 0 Å². The molecule has 2 atom stereocenters. The molecule has 2 aromatic rings. The molecule has 0 unspecified atom stereocenters. The van der Waals surface area contributed by atoms with Gasteiger partial charge in [-0.3, -0.25) is 4.79 Å². The lowest BCUT2D eigenvalue weighted by atomic mass is 10.0. The predicted octanol–water partition coefficient (Wildman–Crippen LogP) is 2.51. The van der Waals surface area contributed by atoms with E-state index in [-0.39, 0.29) is 18.1 Å². The van der Waals surface area contributed by atoms with Gasteiger partial charge < -0.3 is 19.5 Å². The maximum Gasteiger partial charge on any atom is 0.251 e. The van der Waals surface area contributed by atoms with Crippen molar-refractivity contribution in [1.29, 1.82) is 0 Å². The third-order valence-electron chi connectivity index (χ3n) is 4.19. The van der Waals surface area contributed by atoms with Gasteiger partial charge in [-0.2, -0.15) is 0 Å². The quantitative estimate of drug-likeness (QED) is 0.917. The third-order valence-corrected chi connectivity index (χ3v) is 4.19. The van der Waals surface area contributed by atoms with Gasteiger partial charge in [0, 0.05) is 18.2 Å². The molecule has 5 nitrogen and oxygen atoms in total. The first kappa shape index (κ1) is 16.5. The second-order valence-corrected chi connectivity index (χ2v) is 5.67. The van der Waals surface area contributed by atoms with E-state index in [1.807, 2.05) is 42.5 Å². The number of hydrogen-bond donors (Lipinski definition) is 1. The van der Waals surface area contributed by atoms with E-state index in [0.717, 1.165) is 16.9 Å². The van der Waals surface area contributed by atoms with Crippen molar-refractivity contribution in [3.63, 3.8) is 0 Å². The van der Waals surface area contributed by atoms with E-state index in [4.69, 9.17) is 14.2 Å². The highest BCUT2D eigenvalue weighted by atomic mass is 16.5. The number of para-hydroxylation sites is 1. The van der Waals surface area contributed by atoms with Crippen LogP contribution in [0.15, 0.2) is 48.5 Å². The first-order chi connectivity index (χ1) is 11.7. The first-order valence-corrected chi connectivity index (χ1v) is 7.88. The van der Waals surface area contributed by atoms with Gasteiger partial charge in [0.2, 0.25) is 0 Å². The second kappa shape index (κ2) is 7.47. The van der Waals surface area contributed by atoms with Crippen molar-refractivity contribution in [3.8, 4) is 16.9 Å². The van der Waals surface area contributed by atoms with Crippen LogP contribution >= 0.6 is 0 Å². The molecule has 0 aromatic heterocycles. The summed E-state index contributed by atoms with van der Waals surface area (Å²) >= 11 is 0. The predicted molar refractivity (Wildman–Crippen MR) is 91.3 cm³/mol. The first-order valence-electron chi connectivity index (χ1n) is 7.88. The molecule has 2 aromatic carbocycles. The molecule has 1 fully saturated rings. The fourth-order valence-electron chi connectivity index (χ4n) is 2.86. The average molecular weight is 327 g/mol. The van der Waals surface area contributed by atoms with Crippen LogP contribution in [0, 0.1) is 0 Å². The number of amides is 1. The minimum Gasteiger partial charge on any atom is -0.496 e. The van der Waals surface area contributed by atoms with Crippen molar-refractivity contribution in [3.05, 3.63) is 54.1 Å². The van der Waals surface area contributed by atoms with Crippen molar-refractivity contribution < 1.29 is 19.0 Å². The number of carbonyl (C=O) groups is 1. The Kier molecular flexibility index (Phi) is 5.13. The van der Waals surface area contributed by atoms with Gasteiger partial charge in [-0.1, -0.05) is 30.3 Å². The van der Waals surface area contributed by atoms with Crippen molar-refractivity contribution in [1.82, 2.24) is 5.32 Å². The standard InChI is InChI=1S/C19H21NO4/c1-22-17-9-4-3-8-15(17)13-6-5-7-14(10-13)19(21)20-16-11-24-12-18(16)23-2/h3-10,16,18H,11-12H2,1-2H3,(H,20,21)/t16-,18-/m0/s1. The zero-order valence-corrected chi connectivity index (χ0v) is 13.8. The van der Waals surface area contributed by atoms with Crippen LogP contribution in [0.2, 0.25) is 0 Å². The number of nitrogens with one attached hydrogen (secondary N) is 1. The van der Waals surface area contributed by atoms with Gasteiger partial charge in [0.15, 0.2) is 0 Å².